The van der Waals surface area contributed by atoms with Crippen LogP contribution in [0.2, 0.25) is 5.02 Å². The molecule has 2 aliphatic heterocycles. The van der Waals surface area contributed by atoms with Crippen molar-refractivity contribution in [2.45, 2.75) is 12.2 Å². The van der Waals surface area contributed by atoms with Crippen LogP contribution in [0.15, 0.2) is 30.4 Å². The van der Waals surface area contributed by atoms with Gasteiger partial charge in [-0.25, -0.2) is 0 Å². The van der Waals surface area contributed by atoms with Crippen LogP contribution in [-0.2, 0) is 14.3 Å². The predicted octanol–water partition coefficient (Wildman–Crippen LogP) is 1.84. The fraction of sp³-hybridized carbons (Fsp3) is 0.286. The highest BCUT2D eigenvalue weighted by Crippen LogP contribution is 2.40. The zero-order chi connectivity index (χ0) is 16.7. The van der Waals surface area contributed by atoms with Gasteiger partial charge in [0.2, 0.25) is 5.91 Å². The van der Waals surface area contributed by atoms with Gasteiger partial charge in [0, 0.05) is 11.8 Å². The number of aliphatic carboxylic acids is 1. The molecule has 1 aromatic carbocycles. The van der Waals surface area contributed by atoms with Gasteiger partial charge in [-0.3, -0.25) is 19.7 Å². The zero-order valence-electron chi connectivity index (χ0n) is 11.5. The minimum Gasteiger partial charge on any atom is -0.481 e. The van der Waals surface area contributed by atoms with Crippen molar-refractivity contribution in [1.29, 1.82) is 0 Å². The summed E-state index contributed by atoms with van der Waals surface area (Å²) in [6.07, 6.45) is 2.04. The summed E-state index contributed by atoms with van der Waals surface area (Å²) < 4.78 is 5.42. The number of carbonyl (C=O) groups is 2. The van der Waals surface area contributed by atoms with Gasteiger partial charge in [0.05, 0.1) is 23.0 Å². The minimum atomic E-state index is -1.12. The van der Waals surface area contributed by atoms with Crippen molar-refractivity contribution in [2.75, 3.05) is 5.32 Å². The van der Waals surface area contributed by atoms with E-state index < -0.39 is 40.8 Å². The smallest absolute Gasteiger partial charge is 0.310 e. The Kier molecular flexibility index (Phi) is 3.78. The average Bonchev–Trinajstić information content (AvgIpc) is 3.09. The number of nitro benzene ring substituents is 1. The number of amides is 1. The van der Waals surface area contributed by atoms with Crippen molar-refractivity contribution >= 4 is 34.9 Å². The minimum absolute atomic E-state index is 0.0531. The third-order valence-electron chi connectivity index (χ3n) is 3.90. The van der Waals surface area contributed by atoms with Gasteiger partial charge in [0.15, 0.2) is 0 Å². The number of nitrogens with zero attached hydrogens (tertiary/aromatic N) is 1. The number of carboxylic acids is 1. The van der Waals surface area contributed by atoms with E-state index in [0.29, 0.717) is 0 Å². The first-order valence-electron chi connectivity index (χ1n) is 6.70. The van der Waals surface area contributed by atoms with Crippen LogP contribution in [-0.4, -0.2) is 34.1 Å². The van der Waals surface area contributed by atoms with Crippen molar-refractivity contribution in [3.8, 4) is 0 Å². The lowest BCUT2D eigenvalue weighted by Crippen LogP contribution is -2.39. The number of hydrogen-bond donors (Lipinski definition) is 2. The van der Waals surface area contributed by atoms with Gasteiger partial charge in [-0.05, 0) is 12.1 Å². The van der Waals surface area contributed by atoms with Crippen molar-refractivity contribution < 1.29 is 24.4 Å². The summed E-state index contributed by atoms with van der Waals surface area (Å²) in [6.45, 7) is 0. The molecular weight excluding hydrogens is 328 g/mol. The van der Waals surface area contributed by atoms with E-state index in [9.17, 15) is 24.8 Å². The Morgan fingerprint density at radius 2 is 1.91 bits per heavy atom. The fourth-order valence-corrected chi connectivity index (χ4v) is 3.06. The standard InChI is InChI=1S/C14H11ClN2O6/c15-7-2-1-6(5-8(7)17(21)22)16-13(18)11-9-3-4-10(23-9)12(11)14(19)20/h1-5,9-12H,(H,16,18)(H,19,20)/t9-,10+,11+,12-/m0/s1. The maximum absolute atomic E-state index is 12.4. The number of benzene rings is 1. The quantitative estimate of drug-likeness (QED) is 0.491. The van der Waals surface area contributed by atoms with Crippen LogP contribution in [0.5, 0.6) is 0 Å². The van der Waals surface area contributed by atoms with Gasteiger partial charge in [0.1, 0.15) is 10.9 Å². The fourth-order valence-electron chi connectivity index (χ4n) is 2.87. The molecule has 120 valence electrons. The number of fused-ring (bicyclic) bond motifs is 2. The van der Waals surface area contributed by atoms with Gasteiger partial charge in [-0.15, -0.1) is 0 Å². The summed E-state index contributed by atoms with van der Waals surface area (Å²) in [6, 6.07) is 3.83. The number of hydrogen-bond acceptors (Lipinski definition) is 5. The number of ether oxygens (including phenoxy) is 1. The van der Waals surface area contributed by atoms with Crippen LogP contribution in [0.4, 0.5) is 11.4 Å². The van der Waals surface area contributed by atoms with Gasteiger partial charge in [0.25, 0.3) is 5.69 Å². The lowest BCUT2D eigenvalue weighted by Gasteiger charge is -2.20. The Hall–Kier alpha value is -2.45. The molecule has 3 rings (SSSR count). The van der Waals surface area contributed by atoms with Crippen LogP contribution in [0.25, 0.3) is 0 Å². The Bertz CT molecular complexity index is 734. The molecule has 2 aliphatic rings. The third kappa shape index (κ3) is 2.66. The Labute approximate surface area is 134 Å². The molecule has 23 heavy (non-hydrogen) atoms. The molecule has 1 amide bonds. The van der Waals surface area contributed by atoms with Crippen molar-refractivity contribution in [3.05, 3.63) is 45.5 Å². The van der Waals surface area contributed by atoms with Crippen LogP contribution in [0.3, 0.4) is 0 Å². The van der Waals surface area contributed by atoms with E-state index in [2.05, 4.69) is 5.32 Å². The van der Waals surface area contributed by atoms with E-state index in [4.69, 9.17) is 16.3 Å². The number of nitrogens with one attached hydrogen (secondary N) is 1. The van der Waals surface area contributed by atoms with E-state index in [1.54, 1.807) is 12.2 Å². The molecule has 1 saturated heterocycles. The number of anilines is 1. The van der Waals surface area contributed by atoms with E-state index in [-0.39, 0.29) is 16.4 Å². The Balaban J connectivity index is 1.82. The summed E-state index contributed by atoms with van der Waals surface area (Å²) in [5, 5.41) is 22.6. The monoisotopic (exact) mass is 338 g/mol. The second-order valence-electron chi connectivity index (χ2n) is 5.25. The van der Waals surface area contributed by atoms with Crippen LogP contribution in [0, 0.1) is 22.0 Å². The zero-order valence-corrected chi connectivity index (χ0v) is 12.3. The van der Waals surface area contributed by atoms with Crippen molar-refractivity contribution in [2.24, 2.45) is 11.8 Å². The second-order valence-corrected chi connectivity index (χ2v) is 5.66. The molecule has 8 nitrogen and oxygen atoms in total. The highest BCUT2D eigenvalue weighted by molar-refractivity contribution is 6.32. The first-order valence-corrected chi connectivity index (χ1v) is 7.07. The Morgan fingerprint density at radius 1 is 1.26 bits per heavy atom. The van der Waals surface area contributed by atoms with Gasteiger partial charge in [-0.1, -0.05) is 23.8 Å². The van der Waals surface area contributed by atoms with E-state index in [1.165, 1.54) is 12.1 Å². The lowest BCUT2D eigenvalue weighted by atomic mass is 9.82. The molecule has 9 heteroatoms. The van der Waals surface area contributed by atoms with E-state index in [0.717, 1.165) is 6.07 Å². The summed E-state index contributed by atoms with van der Waals surface area (Å²) in [4.78, 5) is 33.9. The summed E-state index contributed by atoms with van der Waals surface area (Å²) in [5.74, 6) is -3.56. The maximum Gasteiger partial charge on any atom is 0.310 e. The van der Waals surface area contributed by atoms with Gasteiger partial charge >= 0.3 is 5.97 Å². The molecule has 2 N–H and O–H groups in total. The van der Waals surface area contributed by atoms with Crippen LogP contribution < -0.4 is 5.32 Å². The van der Waals surface area contributed by atoms with Crippen molar-refractivity contribution in [1.82, 2.24) is 0 Å². The number of carbonyl (C=O) groups excluding carboxylic acids is 1. The molecule has 0 radical (unpaired) electrons. The molecule has 1 fully saturated rings. The largest absolute Gasteiger partial charge is 0.481 e. The van der Waals surface area contributed by atoms with Gasteiger partial charge in [-0.2, -0.15) is 0 Å². The molecule has 0 aromatic heterocycles. The SMILES string of the molecule is O=C(O)[C@@H]1[C@H](C(=O)Nc2ccc(Cl)c([N+](=O)[O-])c2)[C@@H]2C=C[C@H]1O2. The lowest BCUT2D eigenvalue weighted by molar-refractivity contribution is -0.384. The highest BCUT2D eigenvalue weighted by Gasteiger charge is 2.53. The third-order valence-corrected chi connectivity index (χ3v) is 4.22. The maximum atomic E-state index is 12.4. The van der Waals surface area contributed by atoms with Crippen molar-refractivity contribution in [3.63, 3.8) is 0 Å². The van der Waals surface area contributed by atoms with Crippen LogP contribution in [0.1, 0.15) is 0 Å². The molecule has 0 saturated carbocycles. The molecule has 4 atom stereocenters. The summed E-state index contributed by atoms with van der Waals surface area (Å²) >= 11 is 5.71. The number of carboxylic acid groups (broad SMARTS) is 1. The molecule has 1 aromatic rings. The predicted molar refractivity (Wildman–Crippen MR) is 79.2 cm³/mol. The van der Waals surface area contributed by atoms with Crippen LogP contribution >= 0.6 is 11.6 Å². The first-order chi connectivity index (χ1) is 10.9. The summed E-state index contributed by atoms with van der Waals surface area (Å²) in [5.41, 5.74) is -0.176. The van der Waals surface area contributed by atoms with E-state index in [1.807, 2.05) is 0 Å². The first kappa shape index (κ1) is 15.4. The molecule has 0 unspecified atom stereocenters. The Morgan fingerprint density at radius 3 is 2.52 bits per heavy atom. The van der Waals surface area contributed by atoms with Gasteiger partial charge < -0.3 is 15.2 Å². The normalized spacial score (nSPS) is 27.9. The number of rotatable bonds is 4. The molecule has 0 aliphatic carbocycles. The summed E-state index contributed by atoms with van der Waals surface area (Å²) in [7, 11) is 0. The highest BCUT2D eigenvalue weighted by atomic mass is 35.5. The molecule has 2 heterocycles. The molecular formula is C14H11ClN2O6. The number of halogens is 1. The average molecular weight is 339 g/mol. The molecule has 2 bridgehead atoms. The number of nitro groups is 1. The molecule has 0 spiro atoms. The van der Waals surface area contributed by atoms with E-state index >= 15 is 0 Å². The topological polar surface area (TPSA) is 119 Å². The second kappa shape index (κ2) is 5.64.